The topological polar surface area (TPSA) is 54.5 Å². The largest absolute Gasteiger partial charge is 0.378 e. The number of pyridine rings is 1. The van der Waals surface area contributed by atoms with Crippen LogP contribution < -0.4 is 5.32 Å². The minimum atomic E-state index is -0.371. The average Bonchev–Trinajstić information content (AvgIpc) is 2.56. The Morgan fingerprint density at radius 3 is 3.04 bits per heavy atom. The number of rotatable bonds is 4. The normalized spacial score (nSPS) is 17.8. The van der Waals surface area contributed by atoms with Gasteiger partial charge in [-0.15, -0.1) is 0 Å². The molecular formula is C18H22FN3O2. The molecule has 5 nitrogen and oxygen atoms in total. The SMILES string of the molecule is CC1(C)COCCN1CCNC(=O)c1ccc(F)c2cccnc12. The van der Waals surface area contributed by atoms with Crippen molar-refractivity contribution < 1.29 is 13.9 Å². The lowest BCUT2D eigenvalue weighted by molar-refractivity contribution is -0.0498. The Kier molecular flexibility index (Phi) is 4.78. The van der Waals surface area contributed by atoms with Crippen molar-refractivity contribution in [3.8, 4) is 0 Å². The molecule has 1 saturated heterocycles. The van der Waals surface area contributed by atoms with Crippen molar-refractivity contribution in [3.63, 3.8) is 0 Å². The molecular weight excluding hydrogens is 309 g/mol. The number of fused-ring (bicyclic) bond motifs is 1. The fraction of sp³-hybridized carbons (Fsp3) is 0.444. The Morgan fingerprint density at radius 1 is 1.42 bits per heavy atom. The summed E-state index contributed by atoms with van der Waals surface area (Å²) in [6.07, 6.45) is 1.56. The van der Waals surface area contributed by atoms with Crippen LogP contribution in [-0.4, -0.2) is 54.2 Å². The summed E-state index contributed by atoms with van der Waals surface area (Å²) in [5.41, 5.74) is 0.752. The maximum Gasteiger partial charge on any atom is 0.253 e. The highest BCUT2D eigenvalue weighted by molar-refractivity contribution is 6.05. The summed E-state index contributed by atoms with van der Waals surface area (Å²) in [6, 6.07) is 6.08. The molecule has 0 bridgehead atoms. The van der Waals surface area contributed by atoms with Crippen molar-refractivity contribution in [2.45, 2.75) is 19.4 Å². The van der Waals surface area contributed by atoms with Crippen LogP contribution in [-0.2, 0) is 4.74 Å². The Labute approximate surface area is 140 Å². The van der Waals surface area contributed by atoms with Gasteiger partial charge in [0.1, 0.15) is 5.82 Å². The molecule has 0 spiro atoms. The standard InChI is InChI=1S/C18H22FN3O2/c1-18(2)12-24-11-10-22(18)9-8-21-17(23)14-5-6-15(19)13-4-3-7-20-16(13)14/h3-7H,8-12H2,1-2H3,(H,21,23). The highest BCUT2D eigenvalue weighted by atomic mass is 19.1. The van der Waals surface area contributed by atoms with Gasteiger partial charge < -0.3 is 10.1 Å². The Balaban J connectivity index is 1.67. The van der Waals surface area contributed by atoms with Gasteiger partial charge in [-0.2, -0.15) is 0 Å². The van der Waals surface area contributed by atoms with Crippen molar-refractivity contribution >= 4 is 16.8 Å². The second-order valence-electron chi connectivity index (χ2n) is 6.60. The van der Waals surface area contributed by atoms with Gasteiger partial charge in [0, 0.05) is 36.8 Å². The molecule has 1 aromatic carbocycles. The first-order chi connectivity index (χ1) is 11.5. The van der Waals surface area contributed by atoms with Gasteiger partial charge in [-0.25, -0.2) is 4.39 Å². The molecule has 24 heavy (non-hydrogen) atoms. The number of halogens is 1. The number of hydrogen-bond acceptors (Lipinski definition) is 4. The van der Waals surface area contributed by atoms with Crippen LogP contribution >= 0.6 is 0 Å². The number of amides is 1. The van der Waals surface area contributed by atoms with E-state index in [1.807, 2.05) is 0 Å². The van der Waals surface area contributed by atoms with Crippen molar-refractivity contribution in [1.29, 1.82) is 0 Å². The molecule has 1 amide bonds. The van der Waals surface area contributed by atoms with Gasteiger partial charge >= 0.3 is 0 Å². The zero-order valence-electron chi connectivity index (χ0n) is 14.0. The van der Waals surface area contributed by atoms with Crippen molar-refractivity contribution in [1.82, 2.24) is 15.2 Å². The number of nitrogens with zero attached hydrogens (tertiary/aromatic N) is 2. The zero-order valence-corrected chi connectivity index (χ0v) is 14.0. The van der Waals surface area contributed by atoms with Crippen LogP contribution in [0.1, 0.15) is 24.2 Å². The summed E-state index contributed by atoms with van der Waals surface area (Å²) in [4.78, 5) is 18.9. The lowest BCUT2D eigenvalue weighted by Gasteiger charge is -2.42. The highest BCUT2D eigenvalue weighted by Crippen LogP contribution is 2.20. The third-order valence-corrected chi connectivity index (χ3v) is 4.45. The molecule has 0 radical (unpaired) electrons. The molecule has 128 valence electrons. The van der Waals surface area contributed by atoms with E-state index < -0.39 is 0 Å². The fourth-order valence-electron chi connectivity index (χ4n) is 3.03. The smallest absolute Gasteiger partial charge is 0.253 e. The fourth-order valence-corrected chi connectivity index (χ4v) is 3.03. The molecule has 3 rings (SSSR count). The maximum atomic E-state index is 13.8. The number of nitrogens with one attached hydrogen (secondary N) is 1. The Morgan fingerprint density at radius 2 is 2.25 bits per heavy atom. The lowest BCUT2D eigenvalue weighted by atomic mass is 10.0. The number of hydrogen-bond donors (Lipinski definition) is 1. The molecule has 0 aliphatic carbocycles. The molecule has 1 aromatic heterocycles. The number of carbonyl (C=O) groups is 1. The van der Waals surface area contributed by atoms with Gasteiger partial charge in [0.2, 0.25) is 0 Å². The van der Waals surface area contributed by atoms with Crippen LogP contribution in [0.25, 0.3) is 10.9 Å². The summed E-state index contributed by atoms with van der Waals surface area (Å²) >= 11 is 0. The van der Waals surface area contributed by atoms with E-state index in [-0.39, 0.29) is 17.3 Å². The molecule has 2 heterocycles. The molecule has 0 unspecified atom stereocenters. The van der Waals surface area contributed by atoms with E-state index in [0.29, 0.717) is 36.2 Å². The predicted octanol–water partition coefficient (Wildman–Crippen LogP) is 2.21. The van der Waals surface area contributed by atoms with E-state index in [0.717, 1.165) is 13.1 Å². The molecule has 2 aromatic rings. The van der Waals surface area contributed by atoms with E-state index in [1.165, 1.54) is 12.1 Å². The third kappa shape index (κ3) is 3.39. The number of morpholine rings is 1. The summed E-state index contributed by atoms with van der Waals surface area (Å²) in [6.45, 7) is 7.78. The van der Waals surface area contributed by atoms with Crippen molar-refractivity contribution in [2.24, 2.45) is 0 Å². The molecule has 0 atom stereocenters. The van der Waals surface area contributed by atoms with Crippen LogP contribution in [0.4, 0.5) is 4.39 Å². The summed E-state index contributed by atoms with van der Waals surface area (Å²) in [5, 5.41) is 3.27. The monoisotopic (exact) mass is 331 g/mol. The average molecular weight is 331 g/mol. The third-order valence-electron chi connectivity index (χ3n) is 4.45. The lowest BCUT2D eigenvalue weighted by Crippen LogP contribution is -2.54. The van der Waals surface area contributed by atoms with Crippen LogP contribution in [0.3, 0.4) is 0 Å². The summed E-state index contributed by atoms with van der Waals surface area (Å²) in [5.74, 6) is -0.602. The number of aromatic nitrogens is 1. The van der Waals surface area contributed by atoms with Gasteiger partial charge in [0.05, 0.1) is 24.3 Å². The first-order valence-electron chi connectivity index (χ1n) is 8.13. The van der Waals surface area contributed by atoms with Crippen LogP contribution in [0.15, 0.2) is 30.5 Å². The molecule has 1 aliphatic heterocycles. The van der Waals surface area contributed by atoms with E-state index in [1.54, 1.807) is 18.3 Å². The minimum Gasteiger partial charge on any atom is -0.378 e. The zero-order chi connectivity index (χ0) is 17.2. The van der Waals surface area contributed by atoms with E-state index in [4.69, 9.17) is 4.74 Å². The van der Waals surface area contributed by atoms with Gasteiger partial charge in [-0.1, -0.05) is 0 Å². The quantitative estimate of drug-likeness (QED) is 0.933. The van der Waals surface area contributed by atoms with E-state index in [9.17, 15) is 9.18 Å². The highest BCUT2D eigenvalue weighted by Gasteiger charge is 2.29. The van der Waals surface area contributed by atoms with E-state index >= 15 is 0 Å². The minimum absolute atomic E-state index is 0.0346. The molecule has 1 fully saturated rings. The molecule has 0 saturated carbocycles. The summed E-state index contributed by atoms with van der Waals surface area (Å²) < 4.78 is 19.3. The van der Waals surface area contributed by atoms with Crippen LogP contribution in [0.5, 0.6) is 0 Å². The molecule has 6 heteroatoms. The maximum absolute atomic E-state index is 13.8. The van der Waals surface area contributed by atoms with Crippen molar-refractivity contribution in [2.75, 3.05) is 32.8 Å². The first kappa shape index (κ1) is 16.8. The predicted molar refractivity (Wildman–Crippen MR) is 90.5 cm³/mol. The van der Waals surface area contributed by atoms with E-state index in [2.05, 4.69) is 29.0 Å². The molecule has 1 aliphatic rings. The van der Waals surface area contributed by atoms with Gasteiger partial charge in [-0.3, -0.25) is 14.7 Å². The second-order valence-corrected chi connectivity index (χ2v) is 6.60. The van der Waals surface area contributed by atoms with Crippen LogP contribution in [0.2, 0.25) is 0 Å². The second kappa shape index (κ2) is 6.83. The van der Waals surface area contributed by atoms with Crippen molar-refractivity contribution in [3.05, 3.63) is 41.8 Å². The Bertz CT molecular complexity index is 748. The number of carbonyl (C=O) groups excluding carboxylic acids is 1. The number of benzene rings is 1. The van der Waals surface area contributed by atoms with Crippen LogP contribution in [0, 0.1) is 5.82 Å². The van der Waals surface area contributed by atoms with Gasteiger partial charge in [-0.05, 0) is 38.1 Å². The Hall–Kier alpha value is -2.05. The molecule has 1 N–H and O–H groups in total. The first-order valence-corrected chi connectivity index (χ1v) is 8.13. The number of ether oxygens (including phenoxy) is 1. The van der Waals surface area contributed by atoms with Gasteiger partial charge in [0.15, 0.2) is 0 Å². The summed E-state index contributed by atoms with van der Waals surface area (Å²) in [7, 11) is 0. The van der Waals surface area contributed by atoms with Gasteiger partial charge in [0.25, 0.3) is 5.91 Å².